The van der Waals surface area contributed by atoms with E-state index in [4.69, 9.17) is 9.47 Å². The van der Waals surface area contributed by atoms with Gasteiger partial charge in [-0.15, -0.1) is 0 Å². The fourth-order valence-electron chi connectivity index (χ4n) is 4.97. The van der Waals surface area contributed by atoms with E-state index in [0.717, 1.165) is 12.8 Å². The molecule has 6 rings (SSSR count). The molecule has 0 radical (unpaired) electrons. The molecule has 0 aromatic rings. The number of fused-ring (bicyclic) bond motifs is 5. The number of alkyl halides is 3. The Kier molecular flexibility index (Phi) is 10.2. The third kappa shape index (κ3) is 8.43. The van der Waals surface area contributed by atoms with Gasteiger partial charge in [0.2, 0.25) is 0 Å². The van der Waals surface area contributed by atoms with E-state index in [-0.39, 0.29) is 43.9 Å². The van der Waals surface area contributed by atoms with Crippen LogP contribution < -0.4 is 0 Å². The monoisotopic (exact) mass is 615 g/mol. The lowest BCUT2D eigenvalue weighted by Gasteiger charge is -2.44. The minimum absolute atomic E-state index is 0. The Morgan fingerprint density at radius 2 is 1.35 bits per heavy atom. The quantitative estimate of drug-likeness (QED) is 0.192. The topological polar surface area (TPSA) is 120 Å². The van der Waals surface area contributed by atoms with E-state index in [2.05, 4.69) is 4.18 Å². The van der Waals surface area contributed by atoms with Crippen molar-refractivity contribution in [1.82, 2.24) is 9.80 Å². The average Bonchev–Trinajstić information content (AvgIpc) is 2.77. The molecule has 2 aliphatic carbocycles. The summed E-state index contributed by atoms with van der Waals surface area (Å²) < 4.78 is 74.2. The number of carbonyl (C=O) groups is 3. The van der Waals surface area contributed by atoms with E-state index >= 15 is 0 Å². The number of hydrogen-bond donors (Lipinski definition) is 0. The van der Waals surface area contributed by atoms with E-state index < -0.39 is 44.9 Å². The summed E-state index contributed by atoms with van der Waals surface area (Å²) in [4.78, 5) is 38.6. The fraction of sp³-hybridized carbons (Fsp3) is 0.800. The van der Waals surface area contributed by atoms with Gasteiger partial charge in [-0.3, -0.25) is 4.79 Å². The summed E-state index contributed by atoms with van der Waals surface area (Å²) in [7, 11) is -5.69. The van der Waals surface area contributed by atoms with Crippen LogP contribution in [0.4, 0.5) is 22.8 Å². The molecule has 2 amide bonds. The highest BCUT2D eigenvalue weighted by atomic mass is 32.2. The molecule has 0 aromatic heterocycles. The molecular formula is C25H38F3N2O8S2-. The van der Waals surface area contributed by atoms with Gasteiger partial charge in [0.15, 0.2) is 0 Å². The van der Waals surface area contributed by atoms with Crippen LogP contribution in [0.15, 0.2) is 11.8 Å². The van der Waals surface area contributed by atoms with Crippen molar-refractivity contribution in [2.45, 2.75) is 102 Å². The number of rotatable bonds is 2. The fourth-order valence-corrected chi connectivity index (χ4v) is 5.51. The largest absolute Gasteiger partial charge is 0.813 e. The van der Waals surface area contributed by atoms with Crippen molar-refractivity contribution in [1.29, 1.82) is 0 Å². The van der Waals surface area contributed by atoms with Gasteiger partial charge in [0, 0.05) is 37.4 Å². The van der Waals surface area contributed by atoms with Gasteiger partial charge in [-0.25, -0.2) is 9.59 Å². The number of amides is 2. The number of nitrogens with zero attached hydrogens (tertiary/aromatic N) is 2. The van der Waals surface area contributed by atoms with E-state index in [1.165, 1.54) is 11.0 Å². The molecule has 0 N–H and O–H groups in total. The standard InChI is InChI=1S/C13H18F3NO5S.C12H19NO3.H2S/c1-12(2,3)21-11(18)17-7-8-4-5-9(17)6-10(8)22-23(19,20)13(14,15)16;1-12(2,3)16-11(15)13-7-8-4-5-9(13)6-10(8)14;/h6,8-9H,4-5,7H2,1-3H3;8-9H,4-7H2,1-3H3;1H2/p-1/t2*8-,9-;/m11./s1. The third-order valence-electron chi connectivity index (χ3n) is 6.73. The van der Waals surface area contributed by atoms with Crippen molar-refractivity contribution in [2.75, 3.05) is 13.1 Å². The summed E-state index contributed by atoms with van der Waals surface area (Å²) >= 11 is 0. The van der Waals surface area contributed by atoms with E-state index in [9.17, 15) is 36.0 Å². The highest BCUT2D eigenvalue weighted by molar-refractivity contribution is 7.87. The van der Waals surface area contributed by atoms with Crippen molar-refractivity contribution in [2.24, 2.45) is 11.8 Å². The van der Waals surface area contributed by atoms with Crippen LogP contribution in [0.5, 0.6) is 0 Å². The molecule has 0 unspecified atom stereocenters. The number of hydrogen-bond acceptors (Lipinski definition) is 9. The van der Waals surface area contributed by atoms with Gasteiger partial charge < -0.3 is 37.0 Å². The molecule has 6 aliphatic rings. The zero-order chi connectivity index (χ0) is 29.6. The minimum atomic E-state index is -5.69. The van der Waals surface area contributed by atoms with Crippen LogP contribution in [-0.4, -0.2) is 78.1 Å². The molecule has 0 spiro atoms. The van der Waals surface area contributed by atoms with E-state index in [0.29, 0.717) is 31.6 Å². The molecule has 4 atom stereocenters. The molecule has 3 saturated heterocycles. The smallest absolute Gasteiger partial charge is 0.534 e. The Bertz CT molecular complexity index is 1110. The summed E-state index contributed by atoms with van der Waals surface area (Å²) in [6.45, 7) is 11.3. The number of Topliss-reactive ketones (excluding diaryl/α,β-unsaturated/α-hetero) is 1. The summed E-state index contributed by atoms with van der Waals surface area (Å²) in [5, 5.41) is 0. The highest BCUT2D eigenvalue weighted by Gasteiger charge is 2.51. The molecular weight excluding hydrogens is 577 g/mol. The number of ether oxygens (including phenoxy) is 2. The molecule has 0 aromatic carbocycles. The first-order valence-electron chi connectivity index (χ1n) is 12.9. The van der Waals surface area contributed by atoms with Crippen LogP contribution in [0.1, 0.15) is 73.6 Å². The number of piperidine rings is 3. The first-order valence-corrected chi connectivity index (χ1v) is 14.3. The van der Waals surface area contributed by atoms with Crippen molar-refractivity contribution >= 4 is 41.6 Å². The lowest BCUT2D eigenvalue weighted by atomic mass is 9.79. The van der Waals surface area contributed by atoms with Gasteiger partial charge in [0.1, 0.15) is 22.7 Å². The average molecular weight is 616 g/mol. The Balaban J connectivity index is 0.000000290. The Labute approximate surface area is 240 Å². The second kappa shape index (κ2) is 12.0. The summed E-state index contributed by atoms with van der Waals surface area (Å²) in [6, 6.07) is -0.458. The van der Waals surface area contributed by atoms with Crippen molar-refractivity contribution < 1.29 is 49.6 Å². The van der Waals surface area contributed by atoms with Crippen LogP contribution >= 0.6 is 0 Å². The summed E-state index contributed by atoms with van der Waals surface area (Å²) in [5.74, 6) is -0.475. The second-order valence-electron chi connectivity index (χ2n) is 12.3. The number of halogens is 3. The van der Waals surface area contributed by atoms with Gasteiger partial charge in [0.05, 0.1) is 6.04 Å². The van der Waals surface area contributed by atoms with Crippen LogP contribution in [-0.2, 0) is 42.1 Å². The first kappa shape index (κ1) is 34.0. The normalized spacial score (nSPS) is 26.2. The summed E-state index contributed by atoms with van der Waals surface area (Å²) in [5.41, 5.74) is -6.64. The van der Waals surface area contributed by atoms with Crippen LogP contribution in [0.2, 0.25) is 0 Å². The molecule has 4 bridgehead atoms. The predicted molar refractivity (Wildman–Crippen MR) is 141 cm³/mol. The van der Waals surface area contributed by atoms with Crippen LogP contribution in [0.25, 0.3) is 0 Å². The minimum Gasteiger partial charge on any atom is -0.813 e. The van der Waals surface area contributed by atoms with Gasteiger partial charge in [-0.05, 0) is 73.3 Å². The number of carbonyl (C=O) groups excluding carboxylic acids is 3. The Morgan fingerprint density at radius 1 is 0.850 bits per heavy atom. The molecule has 4 aliphatic heterocycles. The lowest BCUT2D eigenvalue weighted by Crippen LogP contribution is -2.55. The second-order valence-corrected chi connectivity index (χ2v) is 13.8. The van der Waals surface area contributed by atoms with Gasteiger partial charge in [-0.1, -0.05) is 0 Å². The zero-order valence-electron chi connectivity index (χ0n) is 23.5. The van der Waals surface area contributed by atoms with Crippen molar-refractivity contribution in [3.8, 4) is 0 Å². The molecule has 1 saturated carbocycles. The maximum absolute atomic E-state index is 12.4. The maximum atomic E-state index is 12.4. The van der Waals surface area contributed by atoms with Crippen molar-refractivity contribution in [3.05, 3.63) is 11.8 Å². The molecule has 40 heavy (non-hydrogen) atoms. The predicted octanol–water partition coefficient (Wildman–Crippen LogP) is 4.47. The maximum Gasteiger partial charge on any atom is 0.534 e. The number of thiol groups is 1. The highest BCUT2D eigenvalue weighted by Crippen LogP contribution is 2.39. The SMILES string of the molecule is CC(C)(C)OC(=O)N1C[C@H]2CC[C@@H]1C=C2OS(=O)(=O)C(F)(F)F.CC(C)(C)OC(=O)N1C[C@H]2CC[C@@H]1CC2=O.[SH-]. The molecule has 4 heterocycles. The Hall–Kier alpha value is -2.16. The van der Waals surface area contributed by atoms with Crippen molar-refractivity contribution in [3.63, 3.8) is 0 Å². The zero-order valence-corrected chi connectivity index (χ0v) is 25.2. The van der Waals surface area contributed by atoms with Crippen LogP contribution in [0, 0.1) is 11.8 Å². The Morgan fingerprint density at radius 3 is 1.75 bits per heavy atom. The van der Waals surface area contributed by atoms with Crippen LogP contribution in [0.3, 0.4) is 0 Å². The molecule has 10 nitrogen and oxygen atoms in total. The number of ketones is 1. The molecule has 4 fully saturated rings. The third-order valence-corrected chi connectivity index (χ3v) is 7.71. The van der Waals surface area contributed by atoms with Gasteiger partial charge >= 0.3 is 27.8 Å². The first-order chi connectivity index (χ1) is 17.7. The van der Waals surface area contributed by atoms with E-state index in [1.54, 1.807) is 25.7 Å². The van der Waals surface area contributed by atoms with Gasteiger partial charge in [0.25, 0.3) is 0 Å². The van der Waals surface area contributed by atoms with Gasteiger partial charge in [-0.2, -0.15) is 21.6 Å². The lowest BCUT2D eigenvalue weighted by molar-refractivity contribution is -0.131. The van der Waals surface area contributed by atoms with E-state index in [1.807, 2.05) is 20.8 Å². The summed E-state index contributed by atoms with van der Waals surface area (Å²) in [6.07, 6.45) is 3.76. The molecule has 230 valence electrons. The molecule has 15 heteroatoms.